The predicted octanol–water partition coefficient (Wildman–Crippen LogP) is 2.53. The third-order valence-corrected chi connectivity index (χ3v) is 7.68. The maximum Gasteiger partial charge on any atom is 0.263 e. The summed E-state index contributed by atoms with van der Waals surface area (Å²) >= 11 is 2.77. The molecule has 1 aromatic carbocycles. The molecule has 5 rings (SSSR count). The molecule has 3 aromatic rings. The van der Waals surface area contributed by atoms with Gasteiger partial charge < -0.3 is 26.0 Å². The van der Waals surface area contributed by atoms with Crippen molar-refractivity contribution in [3.8, 4) is 5.75 Å². The van der Waals surface area contributed by atoms with Crippen molar-refractivity contribution >= 4 is 49.5 Å². The van der Waals surface area contributed by atoms with E-state index in [0.717, 1.165) is 46.4 Å². The van der Waals surface area contributed by atoms with Crippen LogP contribution >= 0.6 is 22.7 Å². The molecular formula is C20H22FN5O2S2. The van der Waals surface area contributed by atoms with Crippen LogP contribution in [0.1, 0.15) is 20.2 Å². The molecule has 1 fully saturated rings. The first-order chi connectivity index (χ1) is 14.5. The highest BCUT2D eigenvalue weighted by Crippen LogP contribution is 2.37. The average molecular weight is 448 g/mol. The second-order valence-corrected chi connectivity index (χ2v) is 9.74. The van der Waals surface area contributed by atoms with E-state index < -0.39 is 0 Å². The predicted molar refractivity (Wildman–Crippen MR) is 119 cm³/mol. The number of fused-ring (bicyclic) bond motifs is 2. The molecule has 1 atom stereocenters. The van der Waals surface area contributed by atoms with E-state index in [1.807, 2.05) is 13.0 Å². The molecule has 30 heavy (non-hydrogen) atoms. The lowest BCUT2D eigenvalue weighted by Crippen LogP contribution is -2.44. The van der Waals surface area contributed by atoms with E-state index >= 15 is 0 Å². The highest BCUT2D eigenvalue weighted by Gasteiger charge is 2.28. The molecule has 0 unspecified atom stereocenters. The number of nitrogens with two attached hydrogens (primary N) is 1. The largest absolute Gasteiger partial charge is 0.491 e. The Hall–Kier alpha value is -2.43. The molecule has 10 heteroatoms. The fraction of sp³-hybridized carbons (Fsp3) is 0.400. The summed E-state index contributed by atoms with van der Waals surface area (Å²) in [6, 6.07) is 3.15. The van der Waals surface area contributed by atoms with Crippen molar-refractivity contribution in [2.24, 2.45) is 0 Å². The fourth-order valence-corrected chi connectivity index (χ4v) is 6.03. The third kappa shape index (κ3) is 3.48. The number of aromatic nitrogens is 1. The zero-order valence-electron chi connectivity index (χ0n) is 16.5. The van der Waals surface area contributed by atoms with E-state index in [-0.39, 0.29) is 17.8 Å². The Labute approximate surface area is 181 Å². The van der Waals surface area contributed by atoms with Gasteiger partial charge in [0.1, 0.15) is 27.9 Å². The van der Waals surface area contributed by atoms with Gasteiger partial charge in [-0.05, 0) is 13.0 Å². The number of hydrogen-bond donors (Lipinski definition) is 3. The molecule has 1 saturated heterocycles. The highest BCUT2D eigenvalue weighted by atomic mass is 32.1. The molecule has 0 saturated carbocycles. The van der Waals surface area contributed by atoms with Gasteiger partial charge in [0, 0.05) is 49.9 Å². The maximum absolute atomic E-state index is 14.9. The van der Waals surface area contributed by atoms with Crippen molar-refractivity contribution in [2.75, 3.05) is 43.4 Å². The van der Waals surface area contributed by atoms with Crippen molar-refractivity contribution in [1.29, 1.82) is 0 Å². The van der Waals surface area contributed by atoms with Crippen molar-refractivity contribution in [3.63, 3.8) is 0 Å². The Morgan fingerprint density at radius 1 is 1.37 bits per heavy atom. The number of nitrogens with zero attached hydrogens (tertiary/aromatic N) is 2. The van der Waals surface area contributed by atoms with Gasteiger partial charge in [0.2, 0.25) is 0 Å². The number of ether oxygens (including phenoxy) is 1. The number of halogens is 1. The number of nitrogens with one attached hydrogen (secondary N) is 2. The van der Waals surface area contributed by atoms with Gasteiger partial charge in [-0.1, -0.05) is 0 Å². The van der Waals surface area contributed by atoms with Crippen LogP contribution in [0, 0.1) is 12.7 Å². The van der Waals surface area contributed by atoms with E-state index in [1.54, 1.807) is 6.07 Å². The van der Waals surface area contributed by atoms with Gasteiger partial charge in [0.25, 0.3) is 5.91 Å². The van der Waals surface area contributed by atoms with Crippen molar-refractivity contribution in [2.45, 2.75) is 19.4 Å². The molecule has 2 aliphatic rings. The minimum Gasteiger partial charge on any atom is -0.491 e. The maximum atomic E-state index is 14.9. The molecule has 7 nitrogen and oxygen atoms in total. The van der Waals surface area contributed by atoms with Crippen LogP contribution in [0.25, 0.3) is 9.53 Å². The summed E-state index contributed by atoms with van der Waals surface area (Å²) in [5.41, 5.74) is 7.97. The standard InChI is InChI=1S/C20H22FN5O2S2/c1-10-24-20-18(29-10)16(22)17(30-20)19(27)25-11-6-13-14(21)7-12(8-15(13)28-9-11)26-4-2-23-3-5-26/h7-8,11,23H,2-6,9,22H2,1H3,(H,25,27)/t11-/m1/s1. The molecule has 1 amide bonds. The Bertz CT molecular complexity index is 1120. The van der Waals surface area contributed by atoms with Gasteiger partial charge in [0.15, 0.2) is 0 Å². The molecule has 0 aliphatic carbocycles. The molecule has 0 radical (unpaired) electrons. The van der Waals surface area contributed by atoms with Gasteiger partial charge in [0.05, 0.1) is 21.4 Å². The van der Waals surface area contributed by atoms with E-state index in [4.69, 9.17) is 10.5 Å². The van der Waals surface area contributed by atoms with Gasteiger partial charge in [-0.2, -0.15) is 0 Å². The number of piperazine rings is 1. The normalized spacial score (nSPS) is 18.9. The number of anilines is 2. The smallest absolute Gasteiger partial charge is 0.263 e. The zero-order chi connectivity index (χ0) is 20.8. The van der Waals surface area contributed by atoms with Crippen LogP contribution in [0.5, 0.6) is 5.75 Å². The van der Waals surface area contributed by atoms with Gasteiger partial charge >= 0.3 is 0 Å². The molecule has 0 bridgehead atoms. The van der Waals surface area contributed by atoms with Crippen molar-refractivity contribution < 1.29 is 13.9 Å². The SMILES string of the molecule is Cc1nc2sc(C(=O)N[C@H]3COc4cc(N5CCNCC5)cc(F)c4C3)c(N)c2s1. The topological polar surface area (TPSA) is 92.5 Å². The molecule has 4 N–H and O–H groups in total. The first kappa shape index (κ1) is 19.5. The Kier molecular flexibility index (Phi) is 5.00. The number of nitrogen functional groups attached to an aromatic ring is 1. The van der Waals surface area contributed by atoms with Crippen LogP contribution in [0.15, 0.2) is 12.1 Å². The first-order valence-corrected chi connectivity index (χ1v) is 11.5. The number of rotatable bonds is 3. The number of benzene rings is 1. The summed E-state index contributed by atoms with van der Waals surface area (Å²) < 4.78 is 21.5. The number of aryl methyl sites for hydroxylation is 1. The van der Waals surface area contributed by atoms with E-state index in [1.165, 1.54) is 22.7 Å². The van der Waals surface area contributed by atoms with Crippen LogP contribution in [-0.4, -0.2) is 49.7 Å². The minimum absolute atomic E-state index is 0.268. The number of thiazole rings is 1. The quantitative estimate of drug-likeness (QED) is 0.572. The highest BCUT2D eigenvalue weighted by molar-refractivity contribution is 7.29. The summed E-state index contributed by atoms with van der Waals surface area (Å²) in [6.45, 7) is 5.64. The Balaban J connectivity index is 1.32. The Morgan fingerprint density at radius 2 is 2.17 bits per heavy atom. The lowest BCUT2D eigenvalue weighted by Gasteiger charge is -2.32. The van der Waals surface area contributed by atoms with Gasteiger partial charge in [-0.15, -0.1) is 22.7 Å². The van der Waals surface area contributed by atoms with Crippen LogP contribution < -0.4 is 26.0 Å². The van der Waals surface area contributed by atoms with Crippen molar-refractivity contribution in [3.05, 3.63) is 33.4 Å². The van der Waals surface area contributed by atoms with Crippen LogP contribution in [0.3, 0.4) is 0 Å². The Morgan fingerprint density at radius 3 is 2.93 bits per heavy atom. The van der Waals surface area contributed by atoms with Crippen LogP contribution in [0.4, 0.5) is 15.8 Å². The van der Waals surface area contributed by atoms with E-state index in [9.17, 15) is 9.18 Å². The molecule has 0 spiro atoms. The fourth-order valence-electron chi connectivity index (χ4n) is 3.94. The molecule has 158 valence electrons. The summed E-state index contributed by atoms with van der Waals surface area (Å²) in [5, 5.41) is 7.16. The number of hydrogen-bond acceptors (Lipinski definition) is 8. The minimum atomic E-state index is -0.321. The van der Waals surface area contributed by atoms with Crippen LogP contribution in [-0.2, 0) is 6.42 Å². The lowest BCUT2D eigenvalue weighted by molar-refractivity contribution is 0.0919. The molecule has 2 aromatic heterocycles. The van der Waals surface area contributed by atoms with Crippen LogP contribution in [0.2, 0.25) is 0 Å². The third-order valence-electron chi connectivity index (χ3n) is 5.44. The number of amides is 1. The van der Waals surface area contributed by atoms with Gasteiger partial charge in [-0.25, -0.2) is 9.37 Å². The zero-order valence-corrected chi connectivity index (χ0v) is 18.1. The lowest BCUT2D eigenvalue weighted by atomic mass is 10.0. The number of thiophene rings is 1. The average Bonchev–Trinajstić information content (AvgIpc) is 3.26. The summed E-state index contributed by atoms with van der Waals surface area (Å²) in [7, 11) is 0. The molecule has 4 heterocycles. The van der Waals surface area contributed by atoms with Crippen molar-refractivity contribution in [1.82, 2.24) is 15.6 Å². The molecule has 2 aliphatic heterocycles. The number of carbonyl (C=O) groups is 1. The first-order valence-electron chi connectivity index (χ1n) is 9.86. The summed E-state index contributed by atoms with van der Waals surface area (Å²) in [6.07, 6.45) is 0.381. The monoisotopic (exact) mass is 447 g/mol. The second-order valence-electron chi connectivity index (χ2n) is 7.54. The van der Waals surface area contributed by atoms with E-state index in [0.29, 0.717) is 34.9 Å². The van der Waals surface area contributed by atoms with E-state index in [2.05, 4.69) is 20.5 Å². The summed E-state index contributed by atoms with van der Waals surface area (Å²) in [4.78, 5) is 20.6. The summed E-state index contributed by atoms with van der Waals surface area (Å²) in [5.74, 6) is -0.00378. The number of carbonyl (C=O) groups excluding carboxylic acids is 1. The molecular weight excluding hydrogens is 425 g/mol. The second kappa shape index (κ2) is 7.68. The van der Waals surface area contributed by atoms with Gasteiger partial charge in [-0.3, -0.25) is 4.79 Å².